The van der Waals surface area contributed by atoms with Crippen LogP contribution in [0.3, 0.4) is 0 Å². The fraction of sp³-hybridized carbons (Fsp3) is 0.200. The third kappa shape index (κ3) is 1.96. The highest BCUT2D eigenvalue weighted by Crippen LogP contribution is 2.41. The van der Waals surface area contributed by atoms with Gasteiger partial charge in [0.2, 0.25) is 0 Å². The van der Waals surface area contributed by atoms with Crippen molar-refractivity contribution in [3.63, 3.8) is 0 Å². The molecule has 1 aromatic carbocycles. The average molecular weight is 263 g/mol. The molecule has 0 nitrogen and oxygen atoms in total. The molecule has 0 spiro atoms. The summed E-state index contributed by atoms with van der Waals surface area (Å²) in [6.07, 6.45) is 10.0. The van der Waals surface area contributed by atoms with E-state index in [-0.39, 0.29) is 0 Å². The van der Waals surface area contributed by atoms with Gasteiger partial charge in [-0.2, -0.15) is 0 Å². The fourth-order valence-electron chi connectivity index (χ4n) is 2.53. The zero-order valence-electron chi connectivity index (χ0n) is 9.34. The van der Waals surface area contributed by atoms with Crippen molar-refractivity contribution in [2.24, 2.45) is 0 Å². The Balaban J connectivity index is 2.06. The van der Waals surface area contributed by atoms with Gasteiger partial charge >= 0.3 is 0 Å². The van der Waals surface area contributed by atoms with E-state index in [0.717, 1.165) is 29.8 Å². The summed E-state index contributed by atoms with van der Waals surface area (Å²) < 4.78 is 0. The van der Waals surface area contributed by atoms with Gasteiger partial charge in [0.15, 0.2) is 0 Å². The lowest BCUT2D eigenvalue weighted by molar-refractivity contribution is 0.976. The predicted octanol–water partition coefficient (Wildman–Crippen LogP) is 5.43. The number of hydrogen-bond acceptors (Lipinski definition) is 0. The second-order valence-corrected chi connectivity index (χ2v) is 5.23. The first kappa shape index (κ1) is 11.1. The van der Waals surface area contributed by atoms with Crippen LogP contribution in [0.15, 0.2) is 47.6 Å². The van der Waals surface area contributed by atoms with Crippen LogP contribution in [0.5, 0.6) is 0 Å². The lowest BCUT2D eigenvalue weighted by Crippen LogP contribution is -1.93. The molecular weight excluding hydrogens is 251 g/mol. The Morgan fingerprint density at radius 2 is 2.00 bits per heavy atom. The summed E-state index contributed by atoms with van der Waals surface area (Å²) in [6.45, 7) is 0. The van der Waals surface area contributed by atoms with Gasteiger partial charge in [-0.05, 0) is 48.1 Å². The average Bonchev–Trinajstić information content (AvgIpc) is 2.73. The van der Waals surface area contributed by atoms with Crippen LogP contribution in [0.4, 0.5) is 0 Å². The first-order valence-electron chi connectivity index (χ1n) is 5.80. The minimum atomic E-state index is 0.690. The Morgan fingerprint density at radius 1 is 1.12 bits per heavy atom. The Bertz CT molecular complexity index is 562. The Kier molecular flexibility index (Phi) is 2.85. The largest absolute Gasteiger partial charge is 0.0843 e. The molecular formula is C15H12Cl2. The number of rotatable bonds is 1. The molecule has 2 aliphatic rings. The van der Waals surface area contributed by atoms with Crippen molar-refractivity contribution in [2.45, 2.75) is 19.3 Å². The van der Waals surface area contributed by atoms with E-state index >= 15 is 0 Å². The molecule has 0 aliphatic heterocycles. The smallest absolute Gasteiger partial charge is 0.0499 e. The summed E-state index contributed by atoms with van der Waals surface area (Å²) in [6, 6.07) is 5.74. The summed E-state index contributed by atoms with van der Waals surface area (Å²) in [5.74, 6) is 0. The van der Waals surface area contributed by atoms with Gasteiger partial charge in [-0.25, -0.2) is 0 Å². The molecule has 0 saturated heterocycles. The quantitative estimate of drug-likeness (QED) is 0.634. The molecule has 86 valence electrons. The van der Waals surface area contributed by atoms with Crippen molar-refractivity contribution in [3.8, 4) is 0 Å². The Labute approximate surface area is 111 Å². The second-order valence-electron chi connectivity index (χ2n) is 4.39. The Morgan fingerprint density at radius 3 is 2.82 bits per heavy atom. The summed E-state index contributed by atoms with van der Waals surface area (Å²) >= 11 is 12.2. The van der Waals surface area contributed by atoms with Gasteiger partial charge in [0, 0.05) is 15.6 Å². The van der Waals surface area contributed by atoms with Crippen molar-refractivity contribution in [1.82, 2.24) is 0 Å². The molecule has 0 atom stereocenters. The van der Waals surface area contributed by atoms with Gasteiger partial charge in [-0.15, -0.1) is 0 Å². The molecule has 0 N–H and O–H groups in total. The lowest BCUT2D eigenvalue weighted by Gasteiger charge is -2.14. The van der Waals surface area contributed by atoms with E-state index in [2.05, 4.69) is 18.2 Å². The third-order valence-corrected chi connectivity index (χ3v) is 3.89. The zero-order valence-corrected chi connectivity index (χ0v) is 10.9. The number of hydrogen-bond donors (Lipinski definition) is 0. The molecule has 0 aromatic heterocycles. The van der Waals surface area contributed by atoms with Crippen molar-refractivity contribution in [3.05, 3.63) is 63.2 Å². The maximum Gasteiger partial charge on any atom is 0.0499 e. The molecule has 17 heavy (non-hydrogen) atoms. The van der Waals surface area contributed by atoms with E-state index in [1.54, 1.807) is 0 Å². The first-order chi connectivity index (χ1) is 8.25. The van der Waals surface area contributed by atoms with Crippen molar-refractivity contribution < 1.29 is 0 Å². The molecule has 3 rings (SSSR count). The molecule has 0 saturated carbocycles. The van der Waals surface area contributed by atoms with Crippen molar-refractivity contribution in [2.75, 3.05) is 0 Å². The lowest BCUT2D eigenvalue weighted by atomic mass is 9.92. The summed E-state index contributed by atoms with van der Waals surface area (Å²) in [5.41, 5.74) is 5.30. The first-order valence-corrected chi connectivity index (χ1v) is 6.56. The number of halogens is 2. The van der Waals surface area contributed by atoms with Gasteiger partial charge < -0.3 is 0 Å². The van der Waals surface area contributed by atoms with E-state index in [1.165, 1.54) is 16.7 Å². The predicted molar refractivity (Wildman–Crippen MR) is 74.5 cm³/mol. The van der Waals surface area contributed by atoms with Gasteiger partial charge in [0.05, 0.1) is 0 Å². The molecule has 2 aliphatic carbocycles. The van der Waals surface area contributed by atoms with Gasteiger partial charge in [-0.3, -0.25) is 0 Å². The standard InChI is InChI=1S/C15H12Cl2/c16-11-6-8-14(15(17)9-11)13-7-5-10-3-1-2-4-12(10)13/h1,3,6-9H,2,4-5H2. The van der Waals surface area contributed by atoms with E-state index in [0.29, 0.717) is 5.02 Å². The highest BCUT2D eigenvalue weighted by Gasteiger charge is 2.20. The van der Waals surface area contributed by atoms with E-state index in [1.807, 2.05) is 18.2 Å². The fourth-order valence-corrected chi connectivity index (χ4v) is 3.04. The van der Waals surface area contributed by atoms with Crippen LogP contribution in [-0.4, -0.2) is 0 Å². The van der Waals surface area contributed by atoms with Gasteiger partial charge in [-0.1, -0.05) is 47.5 Å². The molecule has 0 heterocycles. The van der Waals surface area contributed by atoms with Crippen LogP contribution in [0.2, 0.25) is 10.0 Å². The topological polar surface area (TPSA) is 0 Å². The maximum atomic E-state index is 6.27. The minimum absolute atomic E-state index is 0.690. The molecule has 2 heteroatoms. The SMILES string of the molecule is Clc1ccc(C2=CCC3=C2CCC=C3)c(Cl)c1. The van der Waals surface area contributed by atoms with Crippen molar-refractivity contribution >= 4 is 28.8 Å². The van der Waals surface area contributed by atoms with E-state index in [4.69, 9.17) is 23.2 Å². The van der Waals surface area contributed by atoms with Gasteiger partial charge in [0.25, 0.3) is 0 Å². The number of allylic oxidation sites excluding steroid dienone is 6. The maximum absolute atomic E-state index is 6.27. The molecule has 1 aromatic rings. The summed E-state index contributed by atoms with van der Waals surface area (Å²) in [5, 5.41) is 1.43. The highest BCUT2D eigenvalue weighted by molar-refractivity contribution is 6.35. The van der Waals surface area contributed by atoms with Crippen LogP contribution >= 0.6 is 23.2 Å². The summed E-state index contributed by atoms with van der Waals surface area (Å²) in [4.78, 5) is 0. The number of benzene rings is 1. The van der Waals surface area contributed by atoms with E-state index in [9.17, 15) is 0 Å². The Hall–Kier alpha value is -0.980. The molecule has 0 amide bonds. The van der Waals surface area contributed by atoms with Crippen LogP contribution in [0.1, 0.15) is 24.8 Å². The second kappa shape index (κ2) is 4.36. The zero-order chi connectivity index (χ0) is 11.8. The van der Waals surface area contributed by atoms with Crippen LogP contribution in [-0.2, 0) is 0 Å². The normalized spacial score (nSPS) is 18.4. The summed E-state index contributed by atoms with van der Waals surface area (Å²) in [7, 11) is 0. The molecule has 0 radical (unpaired) electrons. The minimum Gasteiger partial charge on any atom is -0.0843 e. The van der Waals surface area contributed by atoms with Crippen molar-refractivity contribution in [1.29, 1.82) is 0 Å². The molecule has 0 fully saturated rings. The van der Waals surface area contributed by atoms with Crippen LogP contribution in [0, 0.1) is 0 Å². The highest BCUT2D eigenvalue weighted by atomic mass is 35.5. The van der Waals surface area contributed by atoms with Crippen LogP contribution < -0.4 is 0 Å². The third-order valence-electron chi connectivity index (χ3n) is 3.34. The van der Waals surface area contributed by atoms with E-state index < -0.39 is 0 Å². The van der Waals surface area contributed by atoms with Crippen LogP contribution in [0.25, 0.3) is 5.57 Å². The van der Waals surface area contributed by atoms with Gasteiger partial charge in [0.1, 0.15) is 0 Å². The molecule has 0 bridgehead atoms. The monoisotopic (exact) mass is 262 g/mol. The molecule has 0 unspecified atom stereocenters.